The van der Waals surface area contributed by atoms with Crippen LogP contribution >= 0.6 is 0 Å². The van der Waals surface area contributed by atoms with E-state index in [2.05, 4.69) is 5.43 Å². The highest BCUT2D eigenvalue weighted by atomic mass is 15.5. The van der Waals surface area contributed by atoms with Crippen molar-refractivity contribution in [2.45, 2.75) is 0 Å². The van der Waals surface area contributed by atoms with Crippen LogP contribution in [0, 0.1) is 0 Å². The van der Waals surface area contributed by atoms with E-state index in [0.29, 0.717) is 6.67 Å². The van der Waals surface area contributed by atoms with Gasteiger partial charge in [0.1, 0.15) is 0 Å². The maximum absolute atomic E-state index is 5.26. The third kappa shape index (κ3) is 0.913. The van der Waals surface area contributed by atoms with Crippen molar-refractivity contribution in [3.63, 3.8) is 0 Å². The summed E-state index contributed by atoms with van der Waals surface area (Å²) in [6, 6.07) is 0. The van der Waals surface area contributed by atoms with Gasteiger partial charge < -0.3 is 11.2 Å². The minimum atomic E-state index is 0.576. The van der Waals surface area contributed by atoms with Crippen molar-refractivity contribution in [3.05, 3.63) is 12.3 Å². The molecule has 0 aromatic rings. The molecule has 0 aliphatic carbocycles. The molecule has 0 radical (unpaired) electrons. The van der Waals surface area contributed by atoms with Crippen LogP contribution in [0.2, 0.25) is 0 Å². The maximum atomic E-state index is 5.26. The maximum Gasteiger partial charge on any atom is 0.0647 e. The molecule has 7 heavy (non-hydrogen) atoms. The first-order chi connectivity index (χ1) is 3.43. The van der Waals surface area contributed by atoms with Gasteiger partial charge in [-0.25, -0.2) is 5.01 Å². The molecule has 0 spiro atoms. The number of nitrogens with one attached hydrogen (secondary N) is 1. The molecule has 1 aliphatic heterocycles. The van der Waals surface area contributed by atoms with Gasteiger partial charge in [-0.05, 0) is 0 Å². The van der Waals surface area contributed by atoms with E-state index < -0.39 is 0 Å². The Labute approximate surface area is 42.8 Å². The Morgan fingerprint density at radius 1 is 1.86 bits per heavy atom. The smallest absolute Gasteiger partial charge is 0.0647 e. The van der Waals surface area contributed by atoms with E-state index in [4.69, 9.17) is 5.73 Å². The fraction of sp³-hybridized carbons (Fsp3) is 0.500. The van der Waals surface area contributed by atoms with Gasteiger partial charge in [0.25, 0.3) is 0 Å². The summed E-state index contributed by atoms with van der Waals surface area (Å²) >= 11 is 0. The van der Waals surface area contributed by atoms with Crippen molar-refractivity contribution < 1.29 is 0 Å². The van der Waals surface area contributed by atoms with Gasteiger partial charge in [-0.15, -0.1) is 0 Å². The Balaban J connectivity index is 2.22. The van der Waals surface area contributed by atoms with Crippen molar-refractivity contribution in [1.29, 1.82) is 0 Å². The van der Waals surface area contributed by atoms with Crippen LogP contribution < -0.4 is 11.2 Å². The lowest BCUT2D eigenvalue weighted by Crippen LogP contribution is -2.35. The molecule has 0 aromatic heterocycles. The summed E-state index contributed by atoms with van der Waals surface area (Å²) in [4.78, 5) is 0. The first-order valence-electron chi connectivity index (χ1n) is 2.29. The summed E-state index contributed by atoms with van der Waals surface area (Å²) in [5, 5.41) is 1.90. The average Bonchev–Trinajstić information content (AvgIpc) is 2.14. The lowest BCUT2D eigenvalue weighted by molar-refractivity contribution is 0.275. The number of rotatable bonds is 1. The fourth-order valence-electron chi connectivity index (χ4n) is 0.518. The second-order valence-corrected chi connectivity index (χ2v) is 1.44. The lowest BCUT2D eigenvalue weighted by atomic mass is 10.6. The standard InChI is InChI=1S/C4H9N3/c5-4-7-3-1-2-6-7/h1-2,6H,3-5H2. The lowest BCUT2D eigenvalue weighted by Gasteiger charge is -2.10. The molecule has 3 nitrogen and oxygen atoms in total. The molecule has 0 saturated heterocycles. The van der Waals surface area contributed by atoms with E-state index in [9.17, 15) is 0 Å². The second kappa shape index (κ2) is 1.95. The van der Waals surface area contributed by atoms with Crippen molar-refractivity contribution in [1.82, 2.24) is 10.4 Å². The minimum absolute atomic E-state index is 0.576. The molecular formula is C4H9N3. The fourth-order valence-corrected chi connectivity index (χ4v) is 0.518. The SMILES string of the molecule is NCN1CC=CN1. The van der Waals surface area contributed by atoms with Crippen LogP contribution in [0.3, 0.4) is 0 Å². The molecule has 0 atom stereocenters. The Kier molecular flexibility index (Phi) is 1.29. The normalized spacial score (nSPS) is 20.1. The summed E-state index contributed by atoms with van der Waals surface area (Å²) in [6.07, 6.45) is 3.90. The molecule has 1 aliphatic rings. The Bertz CT molecular complexity index is 71.0. The van der Waals surface area contributed by atoms with Gasteiger partial charge in [-0.1, -0.05) is 6.08 Å². The Morgan fingerprint density at radius 2 is 2.71 bits per heavy atom. The van der Waals surface area contributed by atoms with Crippen LogP contribution in [0.4, 0.5) is 0 Å². The van der Waals surface area contributed by atoms with Crippen LogP contribution in [0.5, 0.6) is 0 Å². The van der Waals surface area contributed by atoms with Crippen molar-refractivity contribution in [2.75, 3.05) is 13.2 Å². The molecule has 1 rings (SSSR count). The third-order valence-corrected chi connectivity index (χ3v) is 0.921. The van der Waals surface area contributed by atoms with E-state index in [0.717, 1.165) is 6.54 Å². The molecule has 3 N–H and O–H groups in total. The van der Waals surface area contributed by atoms with E-state index in [1.807, 2.05) is 17.3 Å². The summed E-state index contributed by atoms with van der Waals surface area (Å²) < 4.78 is 0. The molecule has 0 bridgehead atoms. The van der Waals surface area contributed by atoms with Crippen molar-refractivity contribution >= 4 is 0 Å². The van der Waals surface area contributed by atoms with E-state index >= 15 is 0 Å². The number of hydrogen-bond donors (Lipinski definition) is 2. The molecular weight excluding hydrogens is 90.1 g/mol. The monoisotopic (exact) mass is 99.1 g/mol. The highest BCUT2D eigenvalue weighted by molar-refractivity contribution is 4.87. The number of hydrazine groups is 1. The van der Waals surface area contributed by atoms with Crippen molar-refractivity contribution in [2.24, 2.45) is 5.73 Å². The minimum Gasteiger partial charge on any atom is -0.325 e. The Hall–Kier alpha value is -0.540. The molecule has 3 heteroatoms. The average molecular weight is 99.1 g/mol. The summed E-state index contributed by atoms with van der Waals surface area (Å²) in [5.74, 6) is 0. The number of nitrogens with zero attached hydrogens (tertiary/aromatic N) is 1. The number of hydrogen-bond acceptors (Lipinski definition) is 3. The van der Waals surface area contributed by atoms with Gasteiger partial charge in [0.05, 0.1) is 6.67 Å². The van der Waals surface area contributed by atoms with Gasteiger partial charge in [-0.3, -0.25) is 0 Å². The molecule has 0 fully saturated rings. The molecule has 0 saturated carbocycles. The van der Waals surface area contributed by atoms with Crippen LogP contribution in [-0.4, -0.2) is 18.2 Å². The Morgan fingerprint density at radius 3 is 3.00 bits per heavy atom. The summed E-state index contributed by atoms with van der Waals surface area (Å²) in [5.41, 5.74) is 8.19. The molecule has 0 amide bonds. The predicted molar refractivity (Wildman–Crippen MR) is 28.0 cm³/mol. The summed E-state index contributed by atoms with van der Waals surface area (Å²) in [6.45, 7) is 1.50. The molecule has 1 heterocycles. The third-order valence-electron chi connectivity index (χ3n) is 0.921. The van der Waals surface area contributed by atoms with E-state index in [-0.39, 0.29) is 0 Å². The van der Waals surface area contributed by atoms with Gasteiger partial charge in [-0.2, -0.15) is 0 Å². The van der Waals surface area contributed by atoms with Crippen LogP contribution in [0.25, 0.3) is 0 Å². The zero-order valence-corrected chi connectivity index (χ0v) is 4.09. The van der Waals surface area contributed by atoms with Gasteiger partial charge >= 0.3 is 0 Å². The highest BCUT2D eigenvalue weighted by Crippen LogP contribution is 1.85. The molecule has 40 valence electrons. The van der Waals surface area contributed by atoms with Crippen LogP contribution in [0.15, 0.2) is 12.3 Å². The predicted octanol–water partition coefficient (Wildman–Crippen LogP) is -0.764. The van der Waals surface area contributed by atoms with Gasteiger partial charge in [0.15, 0.2) is 0 Å². The molecule has 0 aromatic carbocycles. The second-order valence-electron chi connectivity index (χ2n) is 1.44. The van der Waals surface area contributed by atoms with E-state index in [1.165, 1.54) is 0 Å². The topological polar surface area (TPSA) is 41.3 Å². The zero-order valence-electron chi connectivity index (χ0n) is 4.09. The zero-order chi connectivity index (χ0) is 5.11. The number of nitrogens with two attached hydrogens (primary N) is 1. The van der Waals surface area contributed by atoms with Crippen LogP contribution in [-0.2, 0) is 0 Å². The summed E-state index contributed by atoms with van der Waals surface area (Å²) in [7, 11) is 0. The molecule has 0 unspecified atom stereocenters. The highest BCUT2D eigenvalue weighted by Gasteiger charge is 1.98. The largest absolute Gasteiger partial charge is 0.325 e. The first kappa shape index (κ1) is 4.61. The van der Waals surface area contributed by atoms with Gasteiger partial charge in [0, 0.05) is 12.7 Å². The van der Waals surface area contributed by atoms with Gasteiger partial charge in [0.2, 0.25) is 0 Å². The quantitative estimate of drug-likeness (QED) is 0.454. The first-order valence-corrected chi connectivity index (χ1v) is 2.29. The van der Waals surface area contributed by atoms with Crippen molar-refractivity contribution in [3.8, 4) is 0 Å². The van der Waals surface area contributed by atoms with E-state index in [1.54, 1.807) is 0 Å². The van der Waals surface area contributed by atoms with Crippen LogP contribution in [0.1, 0.15) is 0 Å².